The maximum Gasteiger partial charge on any atom is 0.238 e. The highest BCUT2D eigenvalue weighted by Crippen LogP contribution is 2.25. The van der Waals surface area contributed by atoms with E-state index in [1.807, 2.05) is 26.0 Å². The normalized spacial score (nSPS) is 14.7. The number of hydrogen-bond acceptors (Lipinski definition) is 2. The highest BCUT2D eigenvalue weighted by Gasteiger charge is 2.39. The Labute approximate surface area is 132 Å². The molecule has 1 N–H and O–H groups in total. The van der Waals surface area contributed by atoms with E-state index < -0.39 is 5.41 Å². The summed E-state index contributed by atoms with van der Waals surface area (Å²) in [6, 6.07) is 8.19. The lowest BCUT2D eigenvalue weighted by Gasteiger charge is -2.34. The molecule has 1 heterocycles. The summed E-state index contributed by atoms with van der Waals surface area (Å²) in [5, 5.41) is 2.88. The lowest BCUT2D eigenvalue weighted by atomic mass is 9.88. The molecule has 1 aromatic carbocycles. The molecule has 0 unspecified atom stereocenters. The minimum atomic E-state index is -1.03. The van der Waals surface area contributed by atoms with Crippen LogP contribution in [0.5, 0.6) is 0 Å². The second-order valence-corrected chi connectivity index (χ2v) is 6.97. The minimum absolute atomic E-state index is 0.0942. The summed E-state index contributed by atoms with van der Waals surface area (Å²) in [7, 11) is 0. The van der Waals surface area contributed by atoms with Gasteiger partial charge < -0.3 is 10.2 Å². The molecule has 0 spiro atoms. The van der Waals surface area contributed by atoms with E-state index in [9.17, 15) is 9.59 Å². The Morgan fingerprint density at radius 2 is 1.86 bits per heavy atom. The summed E-state index contributed by atoms with van der Waals surface area (Å²) in [6.45, 7) is 9.37. The Bertz CT molecular complexity index is 564. The third-order valence-electron chi connectivity index (χ3n) is 4.19. The summed E-state index contributed by atoms with van der Waals surface area (Å²) in [5.41, 5.74) is 1.45. The van der Waals surface area contributed by atoms with E-state index in [0.717, 1.165) is 6.42 Å². The van der Waals surface area contributed by atoms with E-state index >= 15 is 0 Å². The third kappa shape index (κ3) is 3.49. The first-order chi connectivity index (χ1) is 10.3. The Balaban J connectivity index is 2.06. The Hall–Kier alpha value is -1.84. The lowest BCUT2D eigenvalue weighted by molar-refractivity contribution is -0.149. The fourth-order valence-corrected chi connectivity index (χ4v) is 2.68. The SMILES string of the molecule is CC(C)CNC(=O)C(C)(C)C(=O)N1CCc2ccccc2C1. The molecule has 0 fully saturated rings. The fourth-order valence-electron chi connectivity index (χ4n) is 2.68. The number of nitrogens with one attached hydrogen (secondary N) is 1. The molecule has 4 heteroatoms. The molecule has 0 bridgehead atoms. The first kappa shape index (κ1) is 16.5. The molecule has 1 aliphatic heterocycles. The predicted octanol–water partition coefficient (Wildman–Crippen LogP) is 2.37. The number of rotatable bonds is 4. The maximum absolute atomic E-state index is 12.8. The molecule has 0 aliphatic carbocycles. The Kier molecular flexibility index (Phi) is 4.89. The van der Waals surface area contributed by atoms with Crippen molar-refractivity contribution >= 4 is 11.8 Å². The number of hydrogen-bond donors (Lipinski definition) is 1. The minimum Gasteiger partial charge on any atom is -0.355 e. The number of benzene rings is 1. The van der Waals surface area contributed by atoms with E-state index in [-0.39, 0.29) is 11.8 Å². The molecular formula is C18H26N2O2. The van der Waals surface area contributed by atoms with E-state index in [1.165, 1.54) is 11.1 Å². The van der Waals surface area contributed by atoms with Crippen LogP contribution in [0, 0.1) is 11.3 Å². The molecule has 4 nitrogen and oxygen atoms in total. The van der Waals surface area contributed by atoms with Gasteiger partial charge in [0.1, 0.15) is 5.41 Å². The fraction of sp³-hybridized carbons (Fsp3) is 0.556. The van der Waals surface area contributed by atoms with Gasteiger partial charge in [-0.15, -0.1) is 0 Å². The first-order valence-electron chi connectivity index (χ1n) is 7.97. The molecule has 0 atom stereocenters. The number of nitrogens with zero attached hydrogens (tertiary/aromatic N) is 1. The molecule has 1 aliphatic rings. The average Bonchev–Trinajstić information content (AvgIpc) is 2.51. The number of fused-ring (bicyclic) bond motifs is 1. The number of carbonyl (C=O) groups excluding carboxylic acids is 2. The summed E-state index contributed by atoms with van der Waals surface area (Å²) in [4.78, 5) is 26.9. The standard InChI is InChI=1S/C18H26N2O2/c1-13(2)11-19-16(21)18(3,4)17(22)20-10-9-14-7-5-6-8-15(14)12-20/h5-8,13H,9-12H2,1-4H3,(H,19,21). The van der Waals surface area contributed by atoms with E-state index in [4.69, 9.17) is 0 Å². The van der Waals surface area contributed by atoms with Crippen molar-refractivity contribution in [2.45, 2.75) is 40.7 Å². The van der Waals surface area contributed by atoms with Crippen LogP contribution in [-0.2, 0) is 22.6 Å². The predicted molar refractivity (Wildman–Crippen MR) is 87.2 cm³/mol. The van der Waals surface area contributed by atoms with Crippen LogP contribution in [0.2, 0.25) is 0 Å². The van der Waals surface area contributed by atoms with Gasteiger partial charge in [-0.1, -0.05) is 38.1 Å². The van der Waals surface area contributed by atoms with Gasteiger partial charge in [-0.05, 0) is 37.3 Å². The quantitative estimate of drug-likeness (QED) is 0.868. The molecule has 120 valence electrons. The third-order valence-corrected chi connectivity index (χ3v) is 4.19. The van der Waals surface area contributed by atoms with Gasteiger partial charge in [-0.2, -0.15) is 0 Å². The molecule has 0 aromatic heterocycles. The largest absolute Gasteiger partial charge is 0.355 e. The van der Waals surface area contributed by atoms with Crippen LogP contribution in [0.4, 0.5) is 0 Å². The monoisotopic (exact) mass is 302 g/mol. The number of carbonyl (C=O) groups is 2. The van der Waals surface area contributed by atoms with Crippen molar-refractivity contribution in [1.82, 2.24) is 10.2 Å². The van der Waals surface area contributed by atoms with Crippen molar-refractivity contribution in [3.63, 3.8) is 0 Å². The zero-order valence-corrected chi connectivity index (χ0v) is 14.0. The molecule has 2 rings (SSSR count). The van der Waals surface area contributed by atoms with Crippen molar-refractivity contribution in [3.05, 3.63) is 35.4 Å². The van der Waals surface area contributed by atoms with Crippen LogP contribution in [0.3, 0.4) is 0 Å². The summed E-state index contributed by atoms with van der Waals surface area (Å²) in [6.07, 6.45) is 0.853. The van der Waals surface area contributed by atoms with Crippen LogP contribution in [0.1, 0.15) is 38.8 Å². The molecule has 0 radical (unpaired) electrons. The van der Waals surface area contributed by atoms with Gasteiger partial charge in [0.25, 0.3) is 0 Å². The highest BCUT2D eigenvalue weighted by atomic mass is 16.2. The van der Waals surface area contributed by atoms with Gasteiger partial charge >= 0.3 is 0 Å². The van der Waals surface area contributed by atoms with Crippen LogP contribution in [0.15, 0.2) is 24.3 Å². The zero-order chi connectivity index (χ0) is 16.3. The maximum atomic E-state index is 12.8. The number of amides is 2. The van der Waals surface area contributed by atoms with E-state index in [2.05, 4.69) is 17.4 Å². The van der Waals surface area contributed by atoms with E-state index in [1.54, 1.807) is 18.7 Å². The topological polar surface area (TPSA) is 49.4 Å². The highest BCUT2D eigenvalue weighted by molar-refractivity contribution is 6.04. The van der Waals surface area contributed by atoms with Gasteiger partial charge in [-0.25, -0.2) is 0 Å². The van der Waals surface area contributed by atoms with Gasteiger partial charge in [0.2, 0.25) is 11.8 Å². The van der Waals surface area contributed by atoms with Gasteiger partial charge in [0.05, 0.1) is 0 Å². The second-order valence-electron chi connectivity index (χ2n) is 6.97. The van der Waals surface area contributed by atoms with Crippen LogP contribution in [-0.4, -0.2) is 29.8 Å². The van der Waals surface area contributed by atoms with Crippen molar-refractivity contribution in [3.8, 4) is 0 Å². The Morgan fingerprint density at radius 3 is 2.50 bits per heavy atom. The van der Waals surface area contributed by atoms with Crippen molar-refractivity contribution < 1.29 is 9.59 Å². The second kappa shape index (κ2) is 6.51. The van der Waals surface area contributed by atoms with Crippen molar-refractivity contribution in [2.24, 2.45) is 11.3 Å². The van der Waals surface area contributed by atoms with Gasteiger partial charge in [0.15, 0.2) is 0 Å². The van der Waals surface area contributed by atoms with Crippen LogP contribution in [0.25, 0.3) is 0 Å². The Morgan fingerprint density at radius 1 is 1.23 bits per heavy atom. The molecule has 0 saturated carbocycles. The summed E-state index contributed by atoms with van der Waals surface area (Å²) < 4.78 is 0. The zero-order valence-electron chi connectivity index (χ0n) is 14.0. The summed E-state index contributed by atoms with van der Waals surface area (Å²) in [5.74, 6) is 0.0880. The van der Waals surface area contributed by atoms with Crippen molar-refractivity contribution in [1.29, 1.82) is 0 Å². The van der Waals surface area contributed by atoms with Gasteiger partial charge in [0, 0.05) is 19.6 Å². The molecule has 2 amide bonds. The van der Waals surface area contributed by atoms with E-state index in [0.29, 0.717) is 25.6 Å². The smallest absolute Gasteiger partial charge is 0.238 e. The van der Waals surface area contributed by atoms with Gasteiger partial charge in [-0.3, -0.25) is 9.59 Å². The molecule has 22 heavy (non-hydrogen) atoms. The lowest BCUT2D eigenvalue weighted by Crippen LogP contribution is -2.51. The summed E-state index contributed by atoms with van der Waals surface area (Å²) >= 11 is 0. The van der Waals surface area contributed by atoms with Crippen molar-refractivity contribution in [2.75, 3.05) is 13.1 Å². The molecular weight excluding hydrogens is 276 g/mol. The van der Waals surface area contributed by atoms with Crippen LogP contribution < -0.4 is 5.32 Å². The average molecular weight is 302 g/mol. The van der Waals surface area contributed by atoms with Crippen LogP contribution >= 0.6 is 0 Å². The molecule has 0 saturated heterocycles. The molecule has 1 aromatic rings. The first-order valence-corrected chi connectivity index (χ1v) is 7.97.